The second-order valence-corrected chi connectivity index (χ2v) is 7.43. The van der Waals surface area contributed by atoms with Crippen molar-refractivity contribution in [3.63, 3.8) is 0 Å². The maximum Gasteiger partial charge on any atom is 0.288 e. The van der Waals surface area contributed by atoms with E-state index in [1.807, 2.05) is 42.5 Å². The minimum atomic E-state index is -0.600. The smallest absolute Gasteiger partial charge is 0.288 e. The number of ether oxygens (including phenoxy) is 2. The van der Waals surface area contributed by atoms with Gasteiger partial charge in [0.05, 0.1) is 18.7 Å². The Morgan fingerprint density at radius 3 is 2.65 bits per heavy atom. The van der Waals surface area contributed by atoms with Crippen LogP contribution in [0.1, 0.15) is 41.5 Å². The molecule has 3 aromatic rings. The Labute approximate surface area is 179 Å². The Balaban J connectivity index is 0.000000158. The van der Waals surface area contributed by atoms with Crippen LogP contribution < -0.4 is 15.4 Å². The summed E-state index contributed by atoms with van der Waals surface area (Å²) in [7, 11) is 1.77. The van der Waals surface area contributed by atoms with Gasteiger partial charge in [-0.05, 0) is 37.1 Å². The van der Waals surface area contributed by atoms with E-state index in [1.165, 1.54) is 0 Å². The average molecular weight is 423 g/mol. The number of hydrogen-bond donors (Lipinski definition) is 1. The zero-order valence-corrected chi connectivity index (χ0v) is 17.4. The molecular weight excluding hydrogens is 398 g/mol. The Hall–Kier alpha value is -3.46. The summed E-state index contributed by atoms with van der Waals surface area (Å²) in [4.78, 5) is 28.3. The lowest BCUT2D eigenvalue weighted by molar-refractivity contribution is -0.118. The minimum Gasteiger partial charge on any atom is -0.491 e. The molecule has 4 heterocycles. The summed E-state index contributed by atoms with van der Waals surface area (Å²) in [6.07, 6.45) is 2.38. The third kappa shape index (κ3) is 4.51. The Morgan fingerprint density at radius 2 is 1.87 bits per heavy atom. The molecule has 0 unspecified atom stereocenters. The summed E-state index contributed by atoms with van der Waals surface area (Å²) in [5, 5.41) is 4.18. The molecule has 2 amide bonds. The Kier molecular flexibility index (Phi) is 6.13. The number of fused-ring (bicyclic) bond motifs is 2. The highest BCUT2D eigenvalue weighted by Crippen LogP contribution is 2.29. The van der Waals surface area contributed by atoms with E-state index in [9.17, 15) is 9.59 Å². The molecule has 9 heteroatoms. The van der Waals surface area contributed by atoms with E-state index in [1.54, 1.807) is 16.5 Å². The van der Waals surface area contributed by atoms with Crippen LogP contribution in [0.4, 0.5) is 5.69 Å². The minimum absolute atomic E-state index is 0.0644. The van der Waals surface area contributed by atoms with E-state index < -0.39 is 5.91 Å². The van der Waals surface area contributed by atoms with Crippen LogP contribution in [0.5, 0.6) is 5.75 Å². The number of nitrogens with two attached hydrogens (primary N) is 1. The number of para-hydroxylation sites is 2. The molecule has 1 saturated heterocycles. The lowest BCUT2D eigenvalue weighted by Crippen LogP contribution is -2.24. The van der Waals surface area contributed by atoms with Crippen molar-refractivity contribution in [1.82, 2.24) is 14.6 Å². The van der Waals surface area contributed by atoms with Gasteiger partial charge in [-0.1, -0.05) is 18.2 Å². The molecule has 31 heavy (non-hydrogen) atoms. The predicted molar refractivity (Wildman–Crippen MR) is 114 cm³/mol. The van der Waals surface area contributed by atoms with Crippen LogP contribution in [0.2, 0.25) is 0 Å². The first-order valence-corrected chi connectivity index (χ1v) is 10.3. The molecule has 0 saturated carbocycles. The van der Waals surface area contributed by atoms with Gasteiger partial charge in [0.2, 0.25) is 11.7 Å². The van der Waals surface area contributed by atoms with Gasteiger partial charge < -0.3 is 20.1 Å². The van der Waals surface area contributed by atoms with Crippen molar-refractivity contribution < 1.29 is 19.1 Å². The number of carbonyl (C=O) groups excluding carboxylic acids is 2. The van der Waals surface area contributed by atoms with Gasteiger partial charge in [-0.25, -0.2) is 9.50 Å². The van der Waals surface area contributed by atoms with Crippen LogP contribution >= 0.6 is 0 Å². The predicted octanol–water partition coefficient (Wildman–Crippen LogP) is 2.15. The van der Waals surface area contributed by atoms with Crippen LogP contribution in [-0.4, -0.2) is 53.3 Å². The van der Waals surface area contributed by atoms with Crippen molar-refractivity contribution in [1.29, 1.82) is 0 Å². The fourth-order valence-corrected chi connectivity index (χ4v) is 3.74. The average Bonchev–Trinajstić information content (AvgIpc) is 3.19. The lowest BCUT2D eigenvalue weighted by Gasteiger charge is -2.22. The summed E-state index contributed by atoms with van der Waals surface area (Å²) in [6, 6.07) is 13.3. The Morgan fingerprint density at radius 1 is 1.10 bits per heavy atom. The molecule has 0 radical (unpaired) electrons. The summed E-state index contributed by atoms with van der Waals surface area (Å²) in [5.74, 6) is 0.747. The number of aromatic nitrogens is 3. The van der Waals surface area contributed by atoms with Crippen LogP contribution in [0.25, 0.3) is 5.65 Å². The van der Waals surface area contributed by atoms with Gasteiger partial charge in [-0.2, -0.15) is 0 Å². The van der Waals surface area contributed by atoms with E-state index in [4.69, 9.17) is 15.2 Å². The summed E-state index contributed by atoms with van der Waals surface area (Å²) < 4.78 is 12.5. The zero-order valence-electron chi connectivity index (χ0n) is 17.4. The van der Waals surface area contributed by atoms with Gasteiger partial charge in [-0.3, -0.25) is 9.59 Å². The van der Waals surface area contributed by atoms with Gasteiger partial charge in [0.25, 0.3) is 5.91 Å². The summed E-state index contributed by atoms with van der Waals surface area (Å²) >= 11 is 0. The van der Waals surface area contributed by atoms with Gasteiger partial charge in [0.1, 0.15) is 5.75 Å². The molecule has 0 aliphatic carbocycles. The maximum atomic E-state index is 11.4. The van der Waals surface area contributed by atoms with Crippen LogP contribution in [-0.2, 0) is 9.53 Å². The van der Waals surface area contributed by atoms with Crippen molar-refractivity contribution in [2.75, 3.05) is 31.8 Å². The number of hydrogen-bond acceptors (Lipinski definition) is 6. The quantitative estimate of drug-likeness (QED) is 0.676. The van der Waals surface area contributed by atoms with Crippen molar-refractivity contribution in [2.45, 2.75) is 25.2 Å². The van der Waals surface area contributed by atoms with E-state index in [0.29, 0.717) is 24.6 Å². The monoisotopic (exact) mass is 423 g/mol. The van der Waals surface area contributed by atoms with Crippen LogP contribution in [0.3, 0.4) is 0 Å². The molecule has 0 bridgehead atoms. The molecule has 9 nitrogen and oxygen atoms in total. The number of primary amides is 1. The molecule has 2 N–H and O–H groups in total. The number of amides is 2. The first-order valence-electron chi connectivity index (χ1n) is 10.3. The van der Waals surface area contributed by atoms with E-state index in [-0.39, 0.29) is 11.7 Å². The molecule has 2 aliphatic rings. The molecule has 0 atom stereocenters. The van der Waals surface area contributed by atoms with Gasteiger partial charge in [-0.15, -0.1) is 5.10 Å². The molecule has 5 rings (SSSR count). The molecule has 1 aromatic carbocycles. The lowest BCUT2D eigenvalue weighted by atomic mass is 9.96. The van der Waals surface area contributed by atoms with E-state index in [0.717, 1.165) is 43.2 Å². The summed E-state index contributed by atoms with van der Waals surface area (Å²) in [5.41, 5.74) is 7.79. The van der Waals surface area contributed by atoms with Gasteiger partial charge in [0.15, 0.2) is 5.65 Å². The highest BCUT2D eigenvalue weighted by Gasteiger charge is 2.21. The molecule has 2 aliphatic heterocycles. The van der Waals surface area contributed by atoms with Gasteiger partial charge in [0, 0.05) is 31.9 Å². The molecule has 2 aromatic heterocycles. The number of benzene rings is 1. The fraction of sp³-hybridized carbons (Fsp3) is 0.364. The normalized spacial score (nSPS) is 16.7. The molecule has 162 valence electrons. The van der Waals surface area contributed by atoms with Crippen molar-refractivity contribution in [3.8, 4) is 5.75 Å². The van der Waals surface area contributed by atoms with E-state index in [2.05, 4.69) is 10.1 Å². The van der Waals surface area contributed by atoms with E-state index >= 15 is 0 Å². The number of pyridine rings is 1. The highest BCUT2D eigenvalue weighted by atomic mass is 16.5. The number of carbonyl (C=O) groups is 2. The second-order valence-electron chi connectivity index (χ2n) is 7.43. The topological polar surface area (TPSA) is 112 Å². The third-order valence-electron chi connectivity index (χ3n) is 5.42. The SMILES string of the molecule is CN1C(=O)CCOc2ccccc21.NC(=O)c1nc2cccc(C3CCOCC3)n2n1. The second kappa shape index (κ2) is 9.13. The summed E-state index contributed by atoms with van der Waals surface area (Å²) in [6.45, 7) is 2.00. The highest BCUT2D eigenvalue weighted by molar-refractivity contribution is 5.95. The number of rotatable bonds is 2. The third-order valence-corrected chi connectivity index (χ3v) is 5.42. The molecule has 1 fully saturated rings. The molecule has 0 spiro atoms. The van der Waals surface area contributed by atoms with Crippen molar-refractivity contribution in [2.24, 2.45) is 5.73 Å². The number of nitrogens with zero attached hydrogens (tertiary/aromatic N) is 4. The van der Waals surface area contributed by atoms with Gasteiger partial charge >= 0.3 is 0 Å². The molecular formula is C22H25N5O4. The largest absolute Gasteiger partial charge is 0.491 e. The standard InChI is InChI=1S/C12H14N4O2.C10H11NO2/c13-11(17)12-14-10-3-1-2-9(16(10)15-12)8-4-6-18-7-5-8;1-11-8-4-2-3-5-9(8)13-7-6-10(11)12/h1-3,8H,4-7H2,(H2,13,17);2-5H,6-7H2,1H3. The maximum absolute atomic E-state index is 11.4. The van der Waals surface area contributed by atoms with Crippen molar-refractivity contribution in [3.05, 3.63) is 54.0 Å². The van der Waals surface area contributed by atoms with Crippen molar-refractivity contribution >= 4 is 23.1 Å². The van der Waals surface area contributed by atoms with Crippen LogP contribution in [0, 0.1) is 0 Å². The first-order chi connectivity index (χ1) is 15.0. The number of anilines is 1. The van der Waals surface area contributed by atoms with Crippen LogP contribution in [0.15, 0.2) is 42.5 Å². The Bertz CT molecular complexity index is 1090. The zero-order chi connectivity index (χ0) is 21.8. The first kappa shape index (κ1) is 20.8. The fourth-order valence-electron chi connectivity index (χ4n) is 3.74.